The van der Waals surface area contributed by atoms with Crippen LogP contribution < -0.4 is 16.4 Å². The number of carbonyl (C=O) groups excluding carboxylic acids is 3. The first-order valence-electron chi connectivity index (χ1n) is 6.39. The number of benzene rings is 1. The van der Waals surface area contributed by atoms with E-state index in [0.29, 0.717) is 28.7 Å². The molecule has 4 N–H and O–H groups in total. The monoisotopic (exact) mass is 352 g/mol. The van der Waals surface area contributed by atoms with Crippen molar-refractivity contribution in [3.63, 3.8) is 0 Å². The second-order valence-electron chi connectivity index (χ2n) is 5.20. The van der Waals surface area contributed by atoms with Gasteiger partial charge in [-0.2, -0.15) is 0 Å². The number of carbonyl (C=O) groups is 3. The van der Waals surface area contributed by atoms with E-state index in [0.717, 1.165) is 0 Å². The van der Waals surface area contributed by atoms with E-state index in [2.05, 4.69) is 26.6 Å². The van der Waals surface area contributed by atoms with Crippen LogP contribution >= 0.6 is 15.9 Å². The zero-order valence-corrected chi connectivity index (χ0v) is 12.6. The molecule has 1 unspecified atom stereocenters. The molecule has 0 bridgehead atoms. The minimum Gasteiger partial charge on any atom is -0.398 e. The van der Waals surface area contributed by atoms with Crippen LogP contribution in [0, 0.1) is 0 Å². The van der Waals surface area contributed by atoms with E-state index in [1.807, 2.05) is 0 Å². The largest absolute Gasteiger partial charge is 0.398 e. The summed E-state index contributed by atoms with van der Waals surface area (Å²) in [6, 6.07) is 4.42. The standard InChI is InChI=1S/C13H13BrN4O3/c14-8-5-7(1-2-9(8)15)10(19)18-4-3-13(6-18)11(20)16-12(21)17-13/h1-2,5H,3-4,6,15H2,(H2,16,17,20,21). The van der Waals surface area contributed by atoms with Gasteiger partial charge in [0.1, 0.15) is 5.54 Å². The fourth-order valence-corrected chi connectivity index (χ4v) is 3.02. The van der Waals surface area contributed by atoms with Crippen molar-refractivity contribution >= 4 is 39.5 Å². The number of hydrogen-bond donors (Lipinski definition) is 3. The number of nitrogen functional groups attached to an aromatic ring is 1. The van der Waals surface area contributed by atoms with Gasteiger partial charge in [-0.15, -0.1) is 0 Å². The normalized spacial score (nSPS) is 24.3. The summed E-state index contributed by atoms with van der Waals surface area (Å²) in [5, 5.41) is 4.83. The zero-order chi connectivity index (χ0) is 15.2. The third kappa shape index (κ3) is 2.25. The van der Waals surface area contributed by atoms with Gasteiger partial charge in [0.05, 0.1) is 6.54 Å². The Balaban J connectivity index is 1.80. The van der Waals surface area contributed by atoms with E-state index >= 15 is 0 Å². The second-order valence-corrected chi connectivity index (χ2v) is 6.06. The summed E-state index contributed by atoms with van der Waals surface area (Å²) in [5.74, 6) is -0.567. The van der Waals surface area contributed by atoms with Crippen LogP contribution in [0.15, 0.2) is 22.7 Å². The number of urea groups is 1. The summed E-state index contributed by atoms with van der Waals surface area (Å²) >= 11 is 3.28. The first-order chi connectivity index (χ1) is 9.91. The van der Waals surface area contributed by atoms with Crippen molar-refractivity contribution in [3.8, 4) is 0 Å². The van der Waals surface area contributed by atoms with Gasteiger partial charge in [-0.3, -0.25) is 14.9 Å². The van der Waals surface area contributed by atoms with Crippen molar-refractivity contribution in [1.82, 2.24) is 15.5 Å². The Bertz CT molecular complexity index is 663. The molecule has 8 heteroatoms. The molecule has 1 atom stereocenters. The van der Waals surface area contributed by atoms with Crippen molar-refractivity contribution in [2.24, 2.45) is 0 Å². The van der Waals surface area contributed by atoms with Crippen LogP contribution in [-0.2, 0) is 4.79 Å². The average molecular weight is 353 g/mol. The SMILES string of the molecule is Nc1ccc(C(=O)N2CCC3(C2)NC(=O)NC3=O)cc1Br. The maximum absolute atomic E-state index is 12.5. The molecule has 0 aliphatic carbocycles. The van der Waals surface area contributed by atoms with Crippen LogP contribution in [0.3, 0.4) is 0 Å². The molecule has 2 aliphatic rings. The molecule has 1 aromatic carbocycles. The van der Waals surface area contributed by atoms with Crippen molar-refractivity contribution < 1.29 is 14.4 Å². The van der Waals surface area contributed by atoms with Crippen LogP contribution in [0.4, 0.5) is 10.5 Å². The maximum Gasteiger partial charge on any atom is 0.322 e. The highest BCUT2D eigenvalue weighted by atomic mass is 79.9. The molecule has 0 saturated carbocycles. The molecule has 2 fully saturated rings. The van der Waals surface area contributed by atoms with Crippen LogP contribution in [-0.4, -0.2) is 41.4 Å². The number of hydrogen-bond acceptors (Lipinski definition) is 4. The number of nitrogens with zero attached hydrogens (tertiary/aromatic N) is 1. The molecule has 1 spiro atoms. The number of nitrogens with two attached hydrogens (primary N) is 1. The summed E-state index contributed by atoms with van der Waals surface area (Å²) in [6.45, 7) is 0.583. The second kappa shape index (κ2) is 4.73. The lowest BCUT2D eigenvalue weighted by Crippen LogP contribution is -2.49. The summed E-state index contributed by atoms with van der Waals surface area (Å²) in [6.07, 6.45) is 0.409. The lowest BCUT2D eigenvalue weighted by Gasteiger charge is -2.21. The van der Waals surface area contributed by atoms with Crippen LogP contribution in [0.5, 0.6) is 0 Å². The summed E-state index contributed by atoms with van der Waals surface area (Å²) in [5.41, 5.74) is 5.74. The van der Waals surface area contributed by atoms with Gasteiger partial charge in [-0.25, -0.2) is 4.79 Å². The molecule has 21 heavy (non-hydrogen) atoms. The van der Waals surface area contributed by atoms with Crippen molar-refractivity contribution in [3.05, 3.63) is 28.2 Å². The Hall–Kier alpha value is -2.09. The molecule has 2 aliphatic heterocycles. The third-order valence-corrected chi connectivity index (χ3v) is 4.51. The third-order valence-electron chi connectivity index (χ3n) is 3.82. The number of rotatable bonds is 1. The van der Waals surface area contributed by atoms with E-state index in [-0.39, 0.29) is 18.4 Å². The van der Waals surface area contributed by atoms with Gasteiger partial charge in [-0.1, -0.05) is 0 Å². The molecule has 4 amide bonds. The first-order valence-corrected chi connectivity index (χ1v) is 7.18. The highest BCUT2D eigenvalue weighted by Crippen LogP contribution is 2.27. The van der Waals surface area contributed by atoms with Gasteiger partial charge in [0.15, 0.2) is 0 Å². The van der Waals surface area contributed by atoms with Gasteiger partial charge in [-0.05, 0) is 40.5 Å². The lowest BCUT2D eigenvalue weighted by molar-refractivity contribution is -0.123. The summed E-state index contributed by atoms with van der Waals surface area (Å²) in [4.78, 5) is 37.1. The fourth-order valence-electron chi connectivity index (χ4n) is 2.64. The Kier molecular flexibility index (Phi) is 3.12. The van der Waals surface area contributed by atoms with Gasteiger partial charge in [0, 0.05) is 22.3 Å². The van der Waals surface area contributed by atoms with E-state index in [1.54, 1.807) is 23.1 Å². The molecule has 2 saturated heterocycles. The number of amides is 4. The van der Waals surface area contributed by atoms with Crippen molar-refractivity contribution in [2.75, 3.05) is 18.8 Å². The van der Waals surface area contributed by atoms with E-state index < -0.39 is 11.6 Å². The van der Waals surface area contributed by atoms with Crippen molar-refractivity contribution in [2.45, 2.75) is 12.0 Å². The predicted molar refractivity (Wildman–Crippen MR) is 78.5 cm³/mol. The molecule has 7 nitrogen and oxygen atoms in total. The summed E-state index contributed by atoms with van der Waals surface area (Å²) < 4.78 is 0.647. The molecule has 0 aromatic heterocycles. The number of nitrogens with one attached hydrogen (secondary N) is 2. The maximum atomic E-state index is 12.5. The number of halogens is 1. The van der Waals surface area contributed by atoms with Crippen LogP contribution in [0.1, 0.15) is 16.8 Å². The van der Waals surface area contributed by atoms with Gasteiger partial charge in [0.2, 0.25) is 0 Å². The highest BCUT2D eigenvalue weighted by Gasteiger charge is 2.51. The molecular weight excluding hydrogens is 340 g/mol. The number of anilines is 1. The molecule has 0 radical (unpaired) electrons. The smallest absolute Gasteiger partial charge is 0.322 e. The van der Waals surface area contributed by atoms with Gasteiger partial charge < -0.3 is 16.0 Å². The minimum atomic E-state index is -0.988. The quantitative estimate of drug-likeness (QED) is 0.504. The van der Waals surface area contributed by atoms with Gasteiger partial charge >= 0.3 is 6.03 Å². The first kappa shape index (κ1) is 13.9. The Morgan fingerprint density at radius 2 is 2.14 bits per heavy atom. The topological polar surface area (TPSA) is 105 Å². The molecular formula is C13H13BrN4O3. The zero-order valence-electron chi connectivity index (χ0n) is 11.0. The Morgan fingerprint density at radius 3 is 2.76 bits per heavy atom. The summed E-state index contributed by atoms with van der Waals surface area (Å²) in [7, 11) is 0. The average Bonchev–Trinajstić information content (AvgIpc) is 2.97. The predicted octanol–water partition coefficient (Wildman–Crippen LogP) is 0.455. The molecule has 2 heterocycles. The van der Waals surface area contributed by atoms with Crippen molar-refractivity contribution in [1.29, 1.82) is 0 Å². The van der Waals surface area contributed by atoms with Gasteiger partial charge in [0.25, 0.3) is 11.8 Å². The highest BCUT2D eigenvalue weighted by molar-refractivity contribution is 9.10. The van der Waals surface area contributed by atoms with E-state index in [9.17, 15) is 14.4 Å². The van der Waals surface area contributed by atoms with E-state index in [1.165, 1.54) is 0 Å². The lowest BCUT2D eigenvalue weighted by atomic mass is 9.99. The van der Waals surface area contributed by atoms with Crippen LogP contribution in [0.2, 0.25) is 0 Å². The minimum absolute atomic E-state index is 0.172. The van der Waals surface area contributed by atoms with E-state index in [4.69, 9.17) is 5.73 Å². The molecule has 1 aromatic rings. The fraction of sp³-hybridized carbons (Fsp3) is 0.308. The van der Waals surface area contributed by atoms with Crippen LogP contribution in [0.25, 0.3) is 0 Å². The number of imide groups is 1. The number of likely N-dealkylation sites (tertiary alicyclic amines) is 1. The Labute approximate surface area is 129 Å². The molecule has 110 valence electrons. The Morgan fingerprint density at radius 1 is 1.38 bits per heavy atom. The molecule has 3 rings (SSSR count).